The molecule has 0 amide bonds. The van der Waals surface area contributed by atoms with Gasteiger partial charge in [0.15, 0.2) is 6.10 Å². The predicted molar refractivity (Wildman–Crippen MR) is 118 cm³/mol. The molecule has 0 fully saturated rings. The van der Waals surface area contributed by atoms with E-state index in [0.717, 1.165) is 34.3 Å². The second kappa shape index (κ2) is 9.99. The zero-order valence-corrected chi connectivity index (χ0v) is 18.3. The van der Waals surface area contributed by atoms with Crippen molar-refractivity contribution in [1.29, 1.82) is 0 Å². The molecule has 5 heteroatoms. The number of aryl methyl sites for hydroxylation is 2. The number of benzene rings is 1. The van der Waals surface area contributed by atoms with E-state index in [1.165, 1.54) is 12.0 Å². The highest BCUT2D eigenvalue weighted by Crippen LogP contribution is 2.30. The number of nitrogens with zero attached hydrogens (tertiary/aromatic N) is 2. The number of pyridine rings is 1. The Morgan fingerprint density at radius 3 is 2.61 bits per heavy atom. The molecule has 28 heavy (non-hydrogen) atoms. The molecule has 1 aliphatic rings. The minimum Gasteiger partial charge on any atom is -0.467 e. The third-order valence-electron chi connectivity index (χ3n) is 4.76. The normalized spacial score (nSPS) is 19.1. The Bertz CT molecular complexity index is 846. The van der Waals surface area contributed by atoms with Crippen LogP contribution in [0.25, 0.3) is 6.08 Å². The quantitative estimate of drug-likeness (QED) is 0.492. The van der Waals surface area contributed by atoms with Crippen LogP contribution in [-0.4, -0.2) is 30.6 Å². The van der Waals surface area contributed by atoms with Crippen LogP contribution in [0.5, 0.6) is 0 Å². The molecule has 0 aliphatic carbocycles. The summed E-state index contributed by atoms with van der Waals surface area (Å²) < 4.78 is 12.3. The van der Waals surface area contributed by atoms with Crippen molar-refractivity contribution >= 4 is 27.9 Å². The van der Waals surface area contributed by atoms with Crippen LogP contribution >= 0.6 is 15.9 Å². The van der Waals surface area contributed by atoms with Gasteiger partial charge in [-0.3, -0.25) is 0 Å². The molecule has 2 atom stereocenters. The molecule has 0 saturated carbocycles. The number of hydrogen-bond donors (Lipinski definition) is 0. The highest BCUT2D eigenvalue weighted by atomic mass is 79.9. The van der Waals surface area contributed by atoms with Gasteiger partial charge in [-0.05, 0) is 53.4 Å². The molecule has 0 unspecified atom stereocenters. The minimum absolute atomic E-state index is 0.0506. The molecule has 0 bridgehead atoms. The van der Waals surface area contributed by atoms with Crippen LogP contribution in [0.4, 0.5) is 0 Å². The van der Waals surface area contributed by atoms with Crippen LogP contribution in [-0.2, 0) is 15.9 Å². The first-order valence-electron chi connectivity index (χ1n) is 9.74. The van der Waals surface area contributed by atoms with E-state index in [1.807, 2.05) is 12.2 Å². The van der Waals surface area contributed by atoms with Crippen LogP contribution in [0.2, 0.25) is 0 Å². The summed E-state index contributed by atoms with van der Waals surface area (Å²) in [6.07, 6.45) is 7.10. The van der Waals surface area contributed by atoms with Crippen molar-refractivity contribution in [1.82, 2.24) is 4.98 Å². The SMILES string of the molecule is CCCCc1ccc(/C=C/C2=N[C@@H](COC)[C@H](c3ccc(C)cc3)O2)c(Br)n1. The minimum atomic E-state index is -0.127. The number of rotatable bonds is 8. The van der Waals surface area contributed by atoms with Crippen molar-refractivity contribution in [2.45, 2.75) is 45.3 Å². The standard InChI is InChI=1S/C23H27BrN2O2/c1-4-5-6-19-13-11-18(23(24)25-19)12-14-21-26-20(15-27-3)22(28-21)17-9-7-16(2)8-10-17/h7-14,20,22H,4-6,15H2,1-3H3/b14-12+/t20-,22-/m0/s1. The largest absolute Gasteiger partial charge is 0.467 e. The molecule has 2 heterocycles. The summed E-state index contributed by atoms with van der Waals surface area (Å²) in [5.41, 5.74) is 4.46. The maximum absolute atomic E-state index is 6.14. The highest BCUT2D eigenvalue weighted by Gasteiger charge is 2.31. The summed E-state index contributed by atoms with van der Waals surface area (Å²) in [4.78, 5) is 9.34. The maximum atomic E-state index is 6.14. The van der Waals surface area contributed by atoms with Crippen molar-refractivity contribution in [2.24, 2.45) is 4.99 Å². The van der Waals surface area contributed by atoms with E-state index >= 15 is 0 Å². The van der Waals surface area contributed by atoms with Gasteiger partial charge in [-0.2, -0.15) is 0 Å². The first-order chi connectivity index (χ1) is 13.6. The van der Waals surface area contributed by atoms with Crippen LogP contribution in [0, 0.1) is 6.92 Å². The van der Waals surface area contributed by atoms with E-state index in [1.54, 1.807) is 7.11 Å². The van der Waals surface area contributed by atoms with E-state index in [2.05, 4.69) is 71.2 Å². The smallest absolute Gasteiger partial charge is 0.209 e. The second-order valence-corrected chi connectivity index (χ2v) is 7.81. The van der Waals surface area contributed by atoms with Crippen LogP contribution < -0.4 is 0 Å². The average molecular weight is 443 g/mol. The molecule has 1 aliphatic heterocycles. The van der Waals surface area contributed by atoms with Crippen LogP contribution in [0.3, 0.4) is 0 Å². The molecular formula is C23H27BrN2O2. The molecule has 1 aromatic carbocycles. The fraction of sp³-hybridized carbons (Fsp3) is 0.391. The van der Waals surface area contributed by atoms with Gasteiger partial charge >= 0.3 is 0 Å². The summed E-state index contributed by atoms with van der Waals surface area (Å²) in [5.74, 6) is 0.620. The summed E-state index contributed by atoms with van der Waals surface area (Å²) >= 11 is 3.58. The third kappa shape index (κ3) is 5.30. The van der Waals surface area contributed by atoms with Crippen LogP contribution in [0.1, 0.15) is 48.3 Å². The third-order valence-corrected chi connectivity index (χ3v) is 5.40. The van der Waals surface area contributed by atoms with Gasteiger partial charge in [-0.1, -0.05) is 49.2 Å². The predicted octanol–water partition coefficient (Wildman–Crippen LogP) is 5.69. The van der Waals surface area contributed by atoms with Gasteiger partial charge < -0.3 is 9.47 Å². The van der Waals surface area contributed by atoms with Gasteiger partial charge in [0.05, 0.1) is 6.61 Å². The molecular weight excluding hydrogens is 416 g/mol. The van der Waals surface area contributed by atoms with Crippen molar-refractivity contribution in [3.8, 4) is 0 Å². The van der Waals surface area contributed by atoms with Gasteiger partial charge in [0, 0.05) is 24.4 Å². The molecule has 0 N–H and O–H groups in total. The van der Waals surface area contributed by atoms with E-state index in [4.69, 9.17) is 14.5 Å². The molecule has 3 rings (SSSR count). The van der Waals surface area contributed by atoms with E-state index in [-0.39, 0.29) is 12.1 Å². The van der Waals surface area contributed by atoms with Crippen LogP contribution in [0.15, 0.2) is 52.1 Å². The lowest BCUT2D eigenvalue weighted by Gasteiger charge is -2.17. The Hall–Kier alpha value is -1.98. The molecule has 2 aromatic rings. The van der Waals surface area contributed by atoms with Gasteiger partial charge in [0.2, 0.25) is 5.90 Å². The summed E-state index contributed by atoms with van der Waals surface area (Å²) in [7, 11) is 1.69. The van der Waals surface area contributed by atoms with Gasteiger partial charge in [-0.15, -0.1) is 0 Å². The lowest BCUT2D eigenvalue weighted by atomic mass is 10.0. The molecule has 0 radical (unpaired) electrons. The number of aliphatic imine (C=N–C) groups is 1. The number of ether oxygens (including phenoxy) is 2. The van der Waals surface area contributed by atoms with Crippen molar-refractivity contribution in [2.75, 3.05) is 13.7 Å². The Labute approximate surface area is 175 Å². The molecule has 0 spiro atoms. The van der Waals surface area contributed by atoms with Gasteiger partial charge in [-0.25, -0.2) is 9.98 Å². The Balaban J connectivity index is 1.73. The number of unbranched alkanes of at least 4 members (excludes halogenated alkanes) is 1. The topological polar surface area (TPSA) is 43.7 Å². The Morgan fingerprint density at radius 1 is 1.14 bits per heavy atom. The molecule has 4 nitrogen and oxygen atoms in total. The zero-order valence-electron chi connectivity index (χ0n) is 16.7. The van der Waals surface area contributed by atoms with Gasteiger partial charge in [0.25, 0.3) is 0 Å². The summed E-state index contributed by atoms with van der Waals surface area (Å²) in [6.45, 7) is 4.79. The zero-order chi connectivity index (χ0) is 19.9. The first-order valence-corrected chi connectivity index (χ1v) is 10.5. The van der Waals surface area contributed by atoms with E-state index in [0.29, 0.717) is 12.5 Å². The average Bonchev–Trinajstić information content (AvgIpc) is 3.09. The van der Waals surface area contributed by atoms with Crippen molar-refractivity contribution in [3.05, 3.63) is 69.5 Å². The molecule has 148 valence electrons. The monoisotopic (exact) mass is 442 g/mol. The van der Waals surface area contributed by atoms with Gasteiger partial charge in [0.1, 0.15) is 10.6 Å². The number of aromatic nitrogens is 1. The first kappa shape index (κ1) is 20.7. The Kier molecular flexibility index (Phi) is 7.40. The fourth-order valence-electron chi connectivity index (χ4n) is 3.16. The van der Waals surface area contributed by atoms with Crippen molar-refractivity contribution in [3.63, 3.8) is 0 Å². The lowest BCUT2D eigenvalue weighted by Crippen LogP contribution is -2.19. The number of hydrogen-bond acceptors (Lipinski definition) is 4. The molecule has 0 saturated heterocycles. The van der Waals surface area contributed by atoms with Crippen molar-refractivity contribution < 1.29 is 9.47 Å². The Morgan fingerprint density at radius 2 is 1.93 bits per heavy atom. The number of methoxy groups -OCH3 is 1. The highest BCUT2D eigenvalue weighted by molar-refractivity contribution is 9.10. The number of halogens is 1. The second-order valence-electron chi connectivity index (χ2n) is 7.06. The van der Waals surface area contributed by atoms with E-state index < -0.39 is 0 Å². The summed E-state index contributed by atoms with van der Waals surface area (Å²) in [5, 5.41) is 0. The van der Waals surface area contributed by atoms with E-state index in [9.17, 15) is 0 Å². The lowest BCUT2D eigenvalue weighted by molar-refractivity contribution is 0.120. The summed E-state index contributed by atoms with van der Waals surface area (Å²) in [6, 6.07) is 12.5. The maximum Gasteiger partial charge on any atom is 0.209 e. The fourth-order valence-corrected chi connectivity index (χ4v) is 3.65. The molecule has 1 aromatic heterocycles.